The van der Waals surface area contributed by atoms with Crippen molar-refractivity contribution in [3.05, 3.63) is 35.9 Å². The third-order valence-electron chi connectivity index (χ3n) is 5.66. The molecule has 3 rings (SSSR count). The van der Waals surface area contributed by atoms with E-state index in [1.165, 1.54) is 0 Å². The first kappa shape index (κ1) is 22.7. The summed E-state index contributed by atoms with van der Waals surface area (Å²) < 4.78 is 22.8. The molecule has 1 aromatic rings. The molecule has 1 aliphatic carbocycles. The van der Waals surface area contributed by atoms with Gasteiger partial charge in [-0.3, -0.25) is 4.90 Å². The molecule has 1 heterocycles. The van der Waals surface area contributed by atoms with Crippen LogP contribution in [0.25, 0.3) is 0 Å². The van der Waals surface area contributed by atoms with Crippen LogP contribution in [0, 0.1) is 0 Å². The Labute approximate surface area is 178 Å². The highest BCUT2D eigenvalue weighted by molar-refractivity contribution is 5.79. The molecule has 1 aliphatic heterocycles. The van der Waals surface area contributed by atoms with E-state index in [-0.39, 0.29) is 19.2 Å². The summed E-state index contributed by atoms with van der Waals surface area (Å²) in [4.78, 5) is 27.0. The number of esters is 2. The van der Waals surface area contributed by atoms with E-state index in [0.29, 0.717) is 19.4 Å². The van der Waals surface area contributed by atoms with Gasteiger partial charge in [-0.15, -0.1) is 0 Å². The second-order valence-corrected chi connectivity index (χ2v) is 7.90. The topological polar surface area (TPSA) is 74.3 Å². The van der Waals surface area contributed by atoms with Crippen LogP contribution in [0.2, 0.25) is 0 Å². The van der Waals surface area contributed by atoms with E-state index < -0.39 is 18.0 Å². The quantitative estimate of drug-likeness (QED) is 0.425. The van der Waals surface area contributed by atoms with Gasteiger partial charge in [-0.05, 0) is 51.0 Å². The molecule has 166 valence electrons. The Hall–Kier alpha value is -1.96. The van der Waals surface area contributed by atoms with Gasteiger partial charge in [0.25, 0.3) is 0 Å². The Kier molecular flexibility index (Phi) is 8.66. The normalized spacial score (nSPS) is 19.9. The monoisotopic (exact) mass is 419 g/mol. The highest BCUT2D eigenvalue weighted by Gasteiger charge is 2.45. The van der Waals surface area contributed by atoms with Gasteiger partial charge >= 0.3 is 11.9 Å². The minimum atomic E-state index is -1.00. The van der Waals surface area contributed by atoms with E-state index in [9.17, 15) is 9.59 Å². The fourth-order valence-corrected chi connectivity index (χ4v) is 4.03. The van der Waals surface area contributed by atoms with Crippen LogP contribution in [0.1, 0.15) is 57.4 Å². The highest BCUT2D eigenvalue weighted by Crippen LogP contribution is 2.35. The van der Waals surface area contributed by atoms with Gasteiger partial charge in [-0.25, -0.2) is 9.59 Å². The van der Waals surface area contributed by atoms with Gasteiger partial charge in [0, 0.05) is 13.1 Å². The van der Waals surface area contributed by atoms with Gasteiger partial charge in [-0.2, -0.15) is 0 Å². The maximum Gasteiger partial charge on any atom is 0.338 e. The predicted octanol–water partition coefficient (Wildman–Crippen LogP) is 3.41. The van der Waals surface area contributed by atoms with E-state index in [0.717, 1.165) is 50.8 Å². The number of carbonyl (C=O) groups excluding carboxylic acids is 2. The molecule has 1 saturated heterocycles. The molecule has 30 heavy (non-hydrogen) atoms. The lowest BCUT2D eigenvalue weighted by Gasteiger charge is -2.39. The first-order valence-corrected chi connectivity index (χ1v) is 11.0. The standard InChI is InChI=1S/C23H33NO6/c1-2-27-21(26)23(13-7-4-8-14-23)30-22(24-15-9-10-16-24)29-18-20(25)28-17-19-11-5-3-6-12-19/h3,5-6,11-12,22H,2,4,7-10,13-18H2,1H3. The third-order valence-corrected chi connectivity index (χ3v) is 5.66. The second kappa shape index (κ2) is 11.4. The van der Waals surface area contributed by atoms with Crippen molar-refractivity contribution in [3.63, 3.8) is 0 Å². The number of hydrogen-bond donors (Lipinski definition) is 0. The molecule has 0 spiro atoms. The molecule has 7 heteroatoms. The van der Waals surface area contributed by atoms with Crippen LogP contribution in [0.3, 0.4) is 0 Å². The van der Waals surface area contributed by atoms with E-state index in [4.69, 9.17) is 18.9 Å². The van der Waals surface area contributed by atoms with Crippen LogP contribution in [0.15, 0.2) is 30.3 Å². The lowest BCUT2D eigenvalue weighted by atomic mass is 9.84. The Morgan fingerprint density at radius 3 is 2.37 bits per heavy atom. The number of benzene rings is 1. The van der Waals surface area contributed by atoms with Crippen molar-refractivity contribution in [1.82, 2.24) is 4.90 Å². The molecule has 0 bridgehead atoms. The minimum absolute atomic E-state index is 0.199. The summed E-state index contributed by atoms with van der Waals surface area (Å²) in [5, 5.41) is 0. The Morgan fingerprint density at radius 2 is 1.70 bits per heavy atom. The molecule has 2 fully saturated rings. The van der Waals surface area contributed by atoms with Crippen molar-refractivity contribution in [3.8, 4) is 0 Å². The van der Waals surface area contributed by atoms with Crippen molar-refractivity contribution in [1.29, 1.82) is 0 Å². The largest absolute Gasteiger partial charge is 0.464 e. The fraction of sp³-hybridized carbons (Fsp3) is 0.652. The zero-order valence-electron chi connectivity index (χ0n) is 17.8. The lowest BCUT2D eigenvalue weighted by Crippen LogP contribution is -2.52. The molecule has 1 aromatic carbocycles. The van der Waals surface area contributed by atoms with Crippen molar-refractivity contribution in [2.75, 3.05) is 26.3 Å². The average Bonchev–Trinajstić information content (AvgIpc) is 3.31. The SMILES string of the molecule is CCOC(=O)C1(OC(OCC(=O)OCc2ccccc2)N2CCCC2)CCCCC1. The minimum Gasteiger partial charge on any atom is -0.464 e. The van der Waals surface area contributed by atoms with Gasteiger partial charge in [-0.1, -0.05) is 36.8 Å². The van der Waals surface area contributed by atoms with Gasteiger partial charge < -0.3 is 18.9 Å². The Bertz CT molecular complexity index is 668. The number of likely N-dealkylation sites (tertiary alicyclic amines) is 1. The molecule has 0 radical (unpaired) electrons. The summed E-state index contributed by atoms with van der Waals surface area (Å²) in [6.07, 6.45) is 5.42. The summed E-state index contributed by atoms with van der Waals surface area (Å²) in [6.45, 7) is 3.69. The van der Waals surface area contributed by atoms with Crippen LogP contribution < -0.4 is 0 Å². The first-order valence-electron chi connectivity index (χ1n) is 11.0. The maximum absolute atomic E-state index is 12.8. The van der Waals surface area contributed by atoms with Crippen molar-refractivity contribution in [2.45, 2.75) is 70.5 Å². The molecule has 1 saturated carbocycles. The molecular formula is C23H33NO6. The smallest absolute Gasteiger partial charge is 0.338 e. The van der Waals surface area contributed by atoms with Crippen molar-refractivity contribution in [2.24, 2.45) is 0 Å². The molecule has 2 aliphatic rings. The van der Waals surface area contributed by atoms with Gasteiger partial charge in [0.1, 0.15) is 13.2 Å². The van der Waals surface area contributed by atoms with E-state index >= 15 is 0 Å². The van der Waals surface area contributed by atoms with Crippen LogP contribution in [0.5, 0.6) is 0 Å². The number of ether oxygens (including phenoxy) is 4. The lowest BCUT2D eigenvalue weighted by molar-refractivity contribution is -0.277. The zero-order valence-corrected chi connectivity index (χ0v) is 17.8. The summed E-state index contributed by atoms with van der Waals surface area (Å²) in [5.74, 6) is -0.787. The number of carbonyl (C=O) groups is 2. The summed E-state index contributed by atoms with van der Waals surface area (Å²) in [5.41, 5.74) is -0.0863. The summed E-state index contributed by atoms with van der Waals surface area (Å²) in [6, 6.07) is 9.51. The molecule has 1 unspecified atom stereocenters. The highest BCUT2D eigenvalue weighted by atomic mass is 16.7. The van der Waals surface area contributed by atoms with Crippen LogP contribution in [-0.4, -0.2) is 55.2 Å². The third kappa shape index (κ3) is 6.27. The maximum atomic E-state index is 12.8. The van der Waals surface area contributed by atoms with E-state index in [1.54, 1.807) is 6.92 Å². The molecule has 0 N–H and O–H groups in total. The van der Waals surface area contributed by atoms with Gasteiger partial charge in [0.15, 0.2) is 5.60 Å². The summed E-state index contributed by atoms with van der Waals surface area (Å²) in [7, 11) is 0. The molecule has 7 nitrogen and oxygen atoms in total. The molecular weight excluding hydrogens is 386 g/mol. The van der Waals surface area contributed by atoms with Crippen LogP contribution >= 0.6 is 0 Å². The molecule has 0 aromatic heterocycles. The first-order chi connectivity index (χ1) is 14.6. The number of nitrogens with zero attached hydrogens (tertiary/aromatic N) is 1. The fourth-order valence-electron chi connectivity index (χ4n) is 4.03. The van der Waals surface area contributed by atoms with Crippen molar-refractivity contribution < 1.29 is 28.5 Å². The van der Waals surface area contributed by atoms with Crippen LogP contribution in [-0.2, 0) is 35.1 Å². The Balaban J connectivity index is 1.60. The Morgan fingerprint density at radius 1 is 1.00 bits per heavy atom. The molecule has 0 amide bonds. The average molecular weight is 420 g/mol. The van der Waals surface area contributed by atoms with Gasteiger partial charge in [0.2, 0.25) is 6.41 Å². The zero-order chi connectivity index (χ0) is 21.2. The number of rotatable bonds is 10. The summed E-state index contributed by atoms with van der Waals surface area (Å²) >= 11 is 0. The van der Waals surface area contributed by atoms with E-state index in [1.807, 2.05) is 35.2 Å². The number of hydrogen-bond acceptors (Lipinski definition) is 7. The van der Waals surface area contributed by atoms with E-state index in [2.05, 4.69) is 0 Å². The second-order valence-electron chi connectivity index (χ2n) is 7.90. The van der Waals surface area contributed by atoms with Crippen LogP contribution in [0.4, 0.5) is 0 Å². The molecule has 1 atom stereocenters. The predicted molar refractivity (Wildman–Crippen MR) is 110 cm³/mol. The van der Waals surface area contributed by atoms with Crippen molar-refractivity contribution >= 4 is 11.9 Å². The van der Waals surface area contributed by atoms with Gasteiger partial charge in [0.05, 0.1) is 6.61 Å².